The largest absolute Gasteiger partial charge is 0.493 e. The van der Waals surface area contributed by atoms with Crippen LogP contribution in [0.5, 0.6) is 17.2 Å². The molecule has 0 spiro atoms. The lowest BCUT2D eigenvalue weighted by molar-refractivity contribution is 0.196. The first-order valence-electron chi connectivity index (χ1n) is 29.2. The molecule has 1 aliphatic rings. The Morgan fingerprint density at radius 1 is 0.526 bits per heavy atom. The van der Waals surface area contributed by atoms with E-state index in [4.69, 9.17) is 42.1 Å². The molecule has 0 aliphatic carbocycles. The summed E-state index contributed by atoms with van der Waals surface area (Å²) in [7, 11) is 5.03. The molecule has 1 fully saturated rings. The van der Waals surface area contributed by atoms with Crippen molar-refractivity contribution < 1.29 is 48.2 Å². The number of halogens is 4. The molecule has 3 aromatic carbocycles. The van der Waals surface area contributed by atoms with Crippen molar-refractivity contribution in [1.82, 2.24) is 68.0 Å². The molecule has 4 N–H and O–H groups in total. The molecule has 0 unspecified atom stereocenters. The van der Waals surface area contributed by atoms with E-state index in [1.165, 1.54) is 27.0 Å². The van der Waals surface area contributed by atoms with Crippen LogP contribution in [0.4, 0.5) is 0 Å². The molecule has 0 amide bonds. The van der Waals surface area contributed by atoms with Gasteiger partial charge in [-0.05, 0) is 116 Å². The Kier molecular flexibility index (Phi) is 30.5. The highest BCUT2D eigenvalue weighted by Crippen LogP contribution is 2.34. The molecule has 0 saturated carbocycles. The highest BCUT2D eigenvalue weighted by atomic mass is 36.0. The molecule has 0 radical (unpaired) electrons. The van der Waals surface area contributed by atoms with Crippen LogP contribution in [0.3, 0.4) is 0 Å². The maximum absolute atomic E-state index is 13.4. The number of piperazine rings is 1. The molecule has 9 aromatic rings. The first-order chi connectivity index (χ1) is 43.9. The van der Waals surface area contributed by atoms with E-state index in [1.54, 1.807) is 48.0 Å². The summed E-state index contributed by atoms with van der Waals surface area (Å²) in [6.07, 6.45) is 4.73. The number of aromatic amines is 3. The van der Waals surface area contributed by atoms with Gasteiger partial charge < -0.3 is 34.1 Å². The second kappa shape index (κ2) is 35.9. The Balaban J connectivity index is 0.000000286. The number of nitrogens with zero attached hydrogens (tertiary/aromatic N) is 11. The fraction of sp³-hybridized carbons (Fsp3) is 0.441. The molecule has 28 nitrogen and oxygen atoms in total. The van der Waals surface area contributed by atoms with Crippen molar-refractivity contribution >= 4 is 96.9 Å². The van der Waals surface area contributed by atoms with Crippen LogP contribution >= 0.6 is 42.7 Å². The zero-order chi connectivity index (χ0) is 68.7. The van der Waals surface area contributed by atoms with Gasteiger partial charge in [-0.15, -0.1) is 15.3 Å². The van der Waals surface area contributed by atoms with Crippen molar-refractivity contribution in [3.63, 3.8) is 0 Å². The van der Waals surface area contributed by atoms with E-state index < -0.39 is 37.6 Å². The second-order valence-corrected chi connectivity index (χ2v) is 29.3. The van der Waals surface area contributed by atoms with Gasteiger partial charge in [0.1, 0.15) is 34.7 Å². The second-order valence-electron chi connectivity index (χ2n) is 20.3. The van der Waals surface area contributed by atoms with Crippen LogP contribution in [-0.2, 0) is 56.9 Å². The molecule has 1 saturated heterocycles. The molecule has 1 aliphatic heterocycles. The molecule has 7 heterocycles. The van der Waals surface area contributed by atoms with Crippen LogP contribution in [0.2, 0.25) is 0 Å². The molecule has 0 atom stereocenters. The number of imidazole rings is 3. The van der Waals surface area contributed by atoms with Gasteiger partial charge in [-0.25, -0.2) is 49.5 Å². The molecule has 0 bridgehead atoms. The topological polar surface area (TPSA) is 363 Å². The Morgan fingerprint density at radius 3 is 1.19 bits per heavy atom. The lowest BCUT2D eigenvalue weighted by atomic mass is 10.2. The van der Waals surface area contributed by atoms with Gasteiger partial charge in [0.15, 0.2) is 34.0 Å². The predicted molar refractivity (Wildman–Crippen MR) is 371 cm³/mol. The molecule has 10 rings (SSSR count). The summed E-state index contributed by atoms with van der Waals surface area (Å²) in [6, 6.07) is 16.4. The molecule has 522 valence electrons. The van der Waals surface area contributed by atoms with E-state index in [9.17, 15) is 31.2 Å². The number of aromatic nitrogens is 12. The van der Waals surface area contributed by atoms with Gasteiger partial charge in [0.05, 0.1) is 63.4 Å². The van der Waals surface area contributed by atoms with Gasteiger partial charge >= 0.3 is 9.33 Å². The van der Waals surface area contributed by atoms with Crippen LogP contribution in [0, 0.1) is 20.8 Å². The number of rotatable bonds is 19. The third-order valence-corrected chi connectivity index (χ3v) is 17.0. The number of sulfonamides is 1. The highest BCUT2D eigenvalue weighted by Gasteiger charge is 2.30. The fourth-order valence-corrected chi connectivity index (χ4v) is 12.1. The average Bonchev–Trinajstić information content (AvgIpc) is 1.78. The van der Waals surface area contributed by atoms with Crippen molar-refractivity contribution in [3.8, 4) is 51.4 Å². The van der Waals surface area contributed by atoms with Crippen molar-refractivity contribution in [1.29, 1.82) is 0 Å². The molecular formula is C59H80Cl4N14O14S4. The van der Waals surface area contributed by atoms with Crippen LogP contribution in [0.1, 0.15) is 117 Å². The summed E-state index contributed by atoms with van der Waals surface area (Å²) in [5.74, 6) is 4.60. The zero-order valence-electron chi connectivity index (χ0n) is 52.5. The third-order valence-electron chi connectivity index (χ3n) is 13.8. The first-order valence-corrected chi connectivity index (χ1v) is 38.1. The standard InChI is InChI=1S/C23H32N6O4S.C17H19ClN4O4S.C17H20N4O2.2CH4.Cl2OS.ClHO3S/c1-5-8-20-24-16(4)21-23(30)25-22(26-29(20)21)18-15-17(9-10-19(18)33-7-3)34(31,32)28-13-11-27(6-2)12-14-28;1-4-6-14-19-10(3)15-17(23)20-16(21-22(14)15)12-9-11(27(18,24)25)7-8-13(12)26-5-2;1-4-8-14-18-11(3)15-17(22)19-16(20-21(14)15)12-9-6-7-10-13(12)23-5-2;;;1-4(2)3;1-5(2,3)4/h9-10,15H,5-8,11-14H2,1-4H3,(H,25,26,30);7-9H,4-6H2,1-3H3,(H,20,21,23);6-7,9-10H,4-5,8H2,1-3H3,(H,19,20,22);2*1H4;;(H,2,3,4). The van der Waals surface area contributed by atoms with Gasteiger partial charge in [0.2, 0.25) is 19.2 Å². The lowest BCUT2D eigenvalue weighted by Gasteiger charge is -2.33. The van der Waals surface area contributed by atoms with Crippen LogP contribution in [-0.4, -0.2) is 155 Å². The fourth-order valence-electron chi connectivity index (χ4n) is 9.87. The number of hydrogen-bond donors (Lipinski definition) is 4. The van der Waals surface area contributed by atoms with Crippen LogP contribution in [0.25, 0.3) is 50.7 Å². The number of nitrogens with one attached hydrogen (secondary N) is 3. The van der Waals surface area contributed by atoms with E-state index in [-0.39, 0.29) is 53.0 Å². The summed E-state index contributed by atoms with van der Waals surface area (Å²) in [6.45, 7) is 23.6. The van der Waals surface area contributed by atoms with Crippen molar-refractivity contribution in [2.45, 2.75) is 132 Å². The van der Waals surface area contributed by atoms with E-state index in [1.807, 2.05) is 58.9 Å². The summed E-state index contributed by atoms with van der Waals surface area (Å²) in [4.78, 5) is 62.1. The number of para-hydroxylation sites is 1. The summed E-state index contributed by atoms with van der Waals surface area (Å²) in [5, 5.41) is 13.7. The van der Waals surface area contributed by atoms with E-state index in [0.29, 0.717) is 138 Å². The number of aryl methyl sites for hydroxylation is 6. The minimum atomic E-state index is -4.19. The smallest absolute Gasteiger partial charge is 0.353 e. The minimum absolute atomic E-state index is 0. The summed E-state index contributed by atoms with van der Waals surface area (Å²) in [5.41, 5.74) is 3.78. The molecule has 95 heavy (non-hydrogen) atoms. The van der Waals surface area contributed by atoms with Gasteiger partial charge in [-0.1, -0.05) is 54.7 Å². The van der Waals surface area contributed by atoms with Gasteiger partial charge in [0, 0.05) is 88.2 Å². The van der Waals surface area contributed by atoms with E-state index >= 15 is 0 Å². The molecule has 6 aromatic heterocycles. The van der Waals surface area contributed by atoms with Gasteiger partial charge in [0.25, 0.3) is 25.7 Å². The quantitative estimate of drug-likeness (QED) is 0.0432. The number of fused-ring (bicyclic) bond motifs is 3. The Labute approximate surface area is 571 Å². The Hall–Kier alpha value is -6.85. The lowest BCUT2D eigenvalue weighted by Crippen LogP contribution is -2.48. The Morgan fingerprint density at radius 2 is 0.853 bits per heavy atom. The number of H-pyrrole nitrogens is 3. The van der Waals surface area contributed by atoms with Gasteiger partial charge in [-0.3, -0.25) is 18.9 Å². The zero-order valence-corrected chi connectivity index (χ0v) is 58.8. The first kappa shape index (κ1) is 80.6. The van der Waals surface area contributed by atoms with Crippen LogP contribution < -0.4 is 30.9 Å². The van der Waals surface area contributed by atoms with Crippen molar-refractivity contribution in [2.75, 3.05) is 52.5 Å². The van der Waals surface area contributed by atoms with Gasteiger partial charge in [-0.2, -0.15) is 12.7 Å². The predicted octanol–water partition coefficient (Wildman–Crippen LogP) is 9.83. The maximum atomic E-state index is 13.4. The monoisotopic (exact) mass is 1480 g/mol. The SMILES string of the molecule is C.C.CCCc1nc(C)c2c(=O)[nH]c(-c3cc(S(=O)(=O)Cl)ccc3OCC)nn12.CCCc1nc(C)c2c(=O)[nH]c(-c3cc(S(=O)(=O)N4CCN(CC)CC4)ccc3OCC)nn12.CCCc1nc(C)c2c(=O)[nH]c(-c3ccccc3OCC)nn12.O=S(=O)(O)Cl.O=S(Cl)Cl. The molecule has 36 heteroatoms. The summed E-state index contributed by atoms with van der Waals surface area (Å²) >= 11 is 0. The number of hydrogen-bond acceptors (Lipinski definition) is 20. The van der Waals surface area contributed by atoms with Crippen LogP contribution in [0.15, 0.2) is 84.8 Å². The normalized spacial score (nSPS) is 12.7. The number of ether oxygens (including phenoxy) is 3. The van der Waals surface area contributed by atoms with E-state index in [2.05, 4.69) is 96.0 Å². The number of benzene rings is 3. The Bertz CT molecular complexity index is 4660. The molecular weight excluding hydrogens is 1400 g/mol. The van der Waals surface area contributed by atoms with Crippen molar-refractivity contribution in [3.05, 3.63) is 126 Å². The third kappa shape index (κ3) is 20.8. The number of likely N-dealkylation sites (N-methyl/N-ethyl adjacent to an activating group) is 1. The summed E-state index contributed by atoms with van der Waals surface area (Å²) < 4.78 is 108. The minimum Gasteiger partial charge on any atom is -0.493 e. The van der Waals surface area contributed by atoms with E-state index in [0.717, 1.165) is 43.6 Å². The highest BCUT2D eigenvalue weighted by molar-refractivity contribution is 8.26. The average molecular weight is 1480 g/mol. The maximum Gasteiger partial charge on any atom is 0.353 e. The van der Waals surface area contributed by atoms with Crippen molar-refractivity contribution in [2.24, 2.45) is 0 Å².